The Balaban J connectivity index is 1.72. The number of halogens is 1. The van der Waals surface area contributed by atoms with E-state index in [2.05, 4.69) is 26.1 Å². The molecule has 0 aliphatic rings. The first-order valence-corrected chi connectivity index (χ1v) is 7.09. The molecule has 1 aromatic heterocycles. The molecule has 0 radical (unpaired) electrons. The molecule has 0 unspecified atom stereocenters. The number of thioether (sulfide) groups is 1. The number of ether oxygens (including phenoxy) is 1. The van der Waals surface area contributed by atoms with Gasteiger partial charge in [0.25, 0.3) is 5.22 Å². The van der Waals surface area contributed by atoms with Gasteiger partial charge in [-0.3, -0.25) is 0 Å². The predicted octanol–water partition coefficient (Wildman–Crippen LogP) is 2.46. The molecule has 7 heteroatoms. The molecule has 1 heterocycles. The SMILES string of the molecule is NCc1nnc(SCCOc2cccc(Br)c2)o1. The molecule has 5 nitrogen and oxygen atoms in total. The maximum Gasteiger partial charge on any atom is 0.276 e. The van der Waals surface area contributed by atoms with Gasteiger partial charge in [-0.05, 0) is 18.2 Å². The number of aromatic nitrogens is 2. The zero-order chi connectivity index (χ0) is 12.8. The summed E-state index contributed by atoms with van der Waals surface area (Å²) in [5.74, 6) is 2.02. The van der Waals surface area contributed by atoms with Crippen molar-refractivity contribution in [1.82, 2.24) is 10.2 Å². The molecule has 2 rings (SSSR count). The number of benzene rings is 1. The summed E-state index contributed by atoms with van der Waals surface area (Å²) in [5.41, 5.74) is 5.37. The minimum atomic E-state index is 0.266. The lowest BCUT2D eigenvalue weighted by molar-refractivity contribution is 0.342. The van der Waals surface area contributed by atoms with Gasteiger partial charge in [-0.1, -0.05) is 33.8 Å². The van der Waals surface area contributed by atoms with Crippen LogP contribution in [0.5, 0.6) is 5.75 Å². The molecule has 0 saturated heterocycles. The third kappa shape index (κ3) is 4.01. The summed E-state index contributed by atoms with van der Waals surface area (Å²) in [4.78, 5) is 0. The van der Waals surface area contributed by atoms with Crippen LogP contribution in [0.15, 0.2) is 38.4 Å². The van der Waals surface area contributed by atoms with Crippen LogP contribution in [-0.4, -0.2) is 22.6 Å². The van der Waals surface area contributed by atoms with Crippen LogP contribution in [0, 0.1) is 0 Å². The van der Waals surface area contributed by atoms with E-state index in [4.69, 9.17) is 14.9 Å². The zero-order valence-corrected chi connectivity index (χ0v) is 11.9. The minimum absolute atomic E-state index is 0.266. The fourth-order valence-corrected chi connectivity index (χ4v) is 2.20. The van der Waals surface area contributed by atoms with Crippen LogP contribution >= 0.6 is 27.7 Å². The summed E-state index contributed by atoms with van der Waals surface area (Å²) >= 11 is 4.84. The van der Waals surface area contributed by atoms with Crippen molar-refractivity contribution in [3.63, 3.8) is 0 Å². The monoisotopic (exact) mass is 329 g/mol. The Morgan fingerprint density at radius 1 is 1.39 bits per heavy atom. The highest BCUT2D eigenvalue weighted by Gasteiger charge is 2.04. The highest BCUT2D eigenvalue weighted by Crippen LogP contribution is 2.19. The van der Waals surface area contributed by atoms with Crippen LogP contribution in [-0.2, 0) is 6.54 Å². The Bertz CT molecular complexity index is 507. The van der Waals surface area contributed by atoms with Gasteiger partial charge in [0.2, 0.25) is 5.89 Å². The Morgan fingerprint density at radius 2 is 2.28 bits per heavy atom. The van der Waals surface area contributed by atoms with E-state index in [1.807, 2.05) is 24.3 Å². The Morgan fingerprint density at radius 3 is 3.00 bits per heavy atom. The van der Waals surface area contributed by atoms with Gasteiger partial charge < -0.3 is 14.9 Å². The highest BCUT2D eigenvalue weighted by atomic mass is 79.9. The zero-order valence-electron chi connectivity index (χ0n) is 9.51. The van der Waals surface area contributed by atoms with Crippen LogP contribution < -0.4 is 10.5 Å². The molecule has 0 amide bonds. The Hall–Kier alpha value is -1.05. The van der Waals surface area contributed by atoms with Gasteiger partial charge in [0.15, 0.2) is 0 Å². The summed E-state index contributed by atoms with van der Waals surface area (Å²) in [7, 11) is 0. The average molecular weight is 330 g/mol. The van der Waals surface area contributed by atoms with E-state index < -0.39 is 0 Å². The van der Waals surface area contributed by atoms with E-state index in [-0.39, 0.29) is 6.54 Å². The first-order chi connectivity index (χ1) is 8.78. The number of hydrogen-bond acceptors (Lipinski definition) is 6. The second-order valence-corrected chi connectivity index (χ2v) is 5.28. The van der Waals surface area contributed by atoms with Gasteiger partial charge in [-0.25, -0.2) is 0 Å². The molecule has 2 aromatic rings. The number of rotatable bonds is 6. The van der Waals surface area contributed by atoms with E-state index in [9.17, 15) is 0 Å². The molecule has 0 bridgehead atoms. The lowest BCUT2D eigenvalue weighted by atomic mass is 10.3. The van der Waals surface area contributed by atoms with Crippen molar-refractivity contribution in [2.75, 3.05) is 12.4 Å². The average Bonchev–Trinajstić information content (AvgIpc) is 2.83. The second kappa shape index (κ2) is 6.77. The molecule has 0 atom stereocenters. The lowest BCUT2D eigenvalue weighted by Gasteiger charge is -2.04. The second-order valence-electron chi connectivity index (χ2n) is 3.32. The summed E-state index contributed by atoms with van der Waals surface area (Å²) in [6, 6.07) is 7.71. The van der Waals surface area contributed by atoms with Crippen molar-refractivity contribution in [2.45, 2.75) is 11.8 Å². The van der Waals surface area contributed by atoms with Gasteiger partial charge in [0, 0.05) is 10.2 Å². The summed E-state index contributed by atoms with van der Waals surface area (Å²) in [6.45, 7) is 0.837. The van der Waals surface area contributed by atoms with Gasteiger partial charge in [-0.2, -0.15) is 0 Å². The van der Waals surface area contributed by atoms with Crippen LogP contribution in [0.1, 0.15) is 5.89 Å². The molecule has 96 valence electrons. The van der Waals surface area contributed by atoms with Gasteiger partial charge in [-0.15, -0.1) is 10.2 Å². The first-order valence-electron chi connectivity index (χ1n) is 5.31. The highest BCUT2D eigenvalue weighted by molar-refractivity contribution is 9.10. The summed E-state index contributed by atoms with van der Waals surface area (Å²) < 4.78 is 11.8. The maximum atomic E-state index is 5.58. The van der Waals surface area contributed by atoms with E-state index in [1.54, 1.807) is 0 Å². The van der Waals surface area contributed by atoms with Crippen LogP contribution in [0.4, 0.5) is 0 Å². The Labute approximate surface area is 117 Å². The first kappa shape index (κ1) is 13.4. The van der Waals surface area contributed by atoms with E-state index in [1.165, 1.54) is 11.8 Å². The van der Waals surface area contributed by atoms with Crippen molar-refractivity contribution in [2.24, 2.45) is 5.73 Å². The molecule has 0 aliphatic carbocycles. The van der Waals surface area contributed by atoms with Crippen LogP contribution in [0.25, 0.3) is 0 Å². The van der Waals surface area contributed by atoms with E-state index in [0.29, 0.717) is 17.7 Å². The number of hydrogen-bond donors (Lipinski definition) is 1. The van der Waals surface area contributed by atoms with Crippen molar-refractivity contribution in [3.05, 3.63) is 34.6 Å². The molecule has 0 fully saturated rings. The molecule has 2 N–H and O–H groups in total. The van der Waals surface area contributed by atoms with Crippen molar-refractivity contribution >= 4 is 27.7 Å². The molecule has 1 aromatic carbocycles. The third-order valence-corrected chi connectivity index (χ3v) is 3.27. The maximum absolute atomic E-state index is 5.58. The Kier molecular flexibility index (Phi) is 5.03. The lowest BCUT2D eigenvalue weighted by Crippen LogP contribution is -1.99. The molecule has 0 spiro atoms. The van der Waals surface area contributed by atoms with E-state index in [0.717, 1.165) is 16.0 Å². The molecular weight excluding hydrogens is 318 g/mol. The summed E-state index contributed by atoms with van der Waals surface area (Å²) in [6.07, 6.45) is 0. The van der Waals surface area contributed by atoms with Crippen molar-refractivity contribution < 1.29 is 9.15 Å². The molecule has 0 aliphatic heterocycles. The standard InChI is InChI=1S/C11H12BrN3O2S/c12-8-2-1-3-9(6-8)16-4-5-18-11-15-14-10(7-13)17-11/h1-3,6H,4-5,7,13H2. The predicted molar refractivity (Wildman–Crippen MR) is 72.6 cm³/mol. The number of nitrogens with two attached hydrogens (primary N) is 1. The summed E-state index contributed by atoms with van der Waals surface area (Å²) in [5, 5.41) is 8.14. The minimum Gasteiger partial charge on any atom is -0.493 e. The van der Waals surface area contributed by atoms with Gasteiger partial charge >= 0.3 is 0 Å². The topological polar surface area (TPSA) is 74.2 Å². The van der Waals surface area contributed by atoms with Gasteiger partial charge in [0.05, 0.1) is 13.2 Å². The molecule has 0 saturated carbocycles. The third-order valence-electron chi connectivity index (χ3n) is 2.00. The quantitative estimate of drug-likeness (QED) is 0.648. The largest absolute Gasteiger partial charge is 0.493 e. The van der Waals surface area contributed by atoms with Crippen LogP contribution in [0.2, 0.25) is 0 Å². The fraction of sp³-hybridized carbons (Fsp3) is 0.273. The molecular formula is C11H12BrN3O2S. The van der Waals surface area contributed by atoms with Crippen molar-refractivity contribution in [3.8, 4) is 5.75 Å². The van der Waals surface area contributed by atoms with Crippen LogP contribution in [0.3, 0.4) is 0 Å². The number of nitrogens with zero attached hydrogens (tertiary/aromatic N) is 2. The van der Waals surface area contributed by atoms with E-state index >= 15 is 0 Å². The molecule has 18 heavy (non-hydrogen) atoms. The van der Waals surface area contributed by atoms with Crippen molar-refractivity contribution in [1.29, 1.82) is 0 Å². The normalized spacial score (nSPS) is 10.6. The smallest absolute Gasteiger partial charge is 0.276 e. The van der Waals surface area contributed by atoms with Gasteiger partial charge in [0.1, 0.15) is 5.75 Å². The fourth-order valence-electron chi connectivity index (χ4n) is 1.22.